The van der Waals surface area contributed by atoms with Crippen LogP contribution in [0.4, 0.5) is 0 Å². The first kappa shape index (κ1) is 70.8. The summed E-state index contributed by atoms with van der Waals surface area (Å²) in [6, 6.07) is 0. The van der Waals surface area contributed by atoms with E-state index in [-0.39, 0.29) is 44.0 Å². The molecule has 0 radical (unpaired) electrons. The summed E-state index contributed by atoms with van der Waals surface area (Å²) in [5.41, 5.74) is 0. The van der Waals surface area contributed by atoms with Crippen LogP contribution in [0.1, 0.15) is 278 Å². The van der Waals surface area contributed by atoms with Gasteiger partial charge in [-0.2, -0.15) is 0 Å². The van der Waals surface area contributed by atoms with Crippen molar-refractivity contribution in [3.63, 3.8) is 0 Å². The van der Waals surface area contributed by atoms with Crippen LogP contribution in [0.5, 0.6) is 0 Å². The Morgan fingerprint density at radius 3 is 0.933 bits per heavy atom. The molecule has 0 aromatic heterocycles. The van der Waals surface area contributed by atoms with Crippen molar-refractivity contribution in [2.75, 3.05) is 13.2 Å². The van der Waals surface area contributed by atoms with E-state index in [0.717, 1.165) is 83.5 Å². The molecule has 0 spiro atoms. The Hall–Kier alpha value is -4.19. The van der Waals surface area contributed by atoms with E-state index < -0.39 is 6.10 Å². The highest BCUT2D eigenvalue weighted by Gasteiger charge is 2.19. The molecular weight excluding hydrogens is 925 g/mol. The Kier molecular flexibility index (Phi) is 58.9. The molecule has 0 aliphatic carbocycles. The molecule has 0 saturated heterocycles. The molecule has 426 valence electrons. The first-order chi connectivity index (χ1) is 37.0. The van der Waals surface area contributed by atoms with Crippen molar-refractivity contribution in [1.29, 1.82) is 0 Å². The van der Waals surface area contributed by atoms with Crippen LogP contribution in [0.15, 0.2) is 122 Å². The molecule has 0 rings (SSSR count). The number of carbonyl (C=O) groups is 3. The Balaban J connectivity index is 4.54. The Morgan fingerprint density at radius 1 is 0.280 bits per heavy atom. The second-order valence-corrected chi connectivity index (χ2v) is 20.2. The monoisotopic (exact) mass is 1040 g/mol. The average molecular weight is 1040 g/mol. The number of hydrogen-bond donors (Lipinski definition) is 0. The number of allylic oxidation sites excluding steroid dienone is 20. The first-order valence-electron chi connectivity index (χ1n) is 31.0. The Bertz CT molecular complexity index is 1570. The molecule has 1 atom stereocenters. The quantitative estimate of drug-likeness (QED) is 0.0261. The number of hydrogen-bond acceptors (Lipinski definition) is 6. The minimum absolute atomic E-state index is 0.130. The van der Waals surface area contributed by atoms with E-state index in [9.17, 15) is 14.4 Å². The lowest BCUT2D eigenvalue weighted by Crippen LogP contribution is -2.30. The summed E-state index contributed by atoms with van der Waals surface area (Å²) < 4.78 is 16.8. The van der Waals surface area contributed by atoms with Crippen LogP contribution >= 0.6 is 0 Å². The molecule has 0 unspecified atom stereocenters. The number of carbonyl (C=O) groups excluding carboxylic acids is 3. The molecule has 6 nitrogen and oxygen atoms in total. The van der Waals surface area contributed by atoms with Gasteiger partial charge >= 0.3 is 17.9 Å². The SMILES string of the molecule is CC/C=C\C/C=C\C/C=C\C/C=C\C/C=C\C/C=C\CCC(=O)OC[C@H](COC(=O)CCC/C=C\C/C=C\C/C=C\C/C=C\CCCCC)OC(=O)CCCCCCCCCCCCCCCCCCCCCCC. The van der Waals surface area contributed by atoms with E-state index in [1.165, 1.54) is 141 Å². The molecule has 0 aliphatic heterocycles. The summed E-state index contributed by atoms with van der Waals surface area (Å²) in [6.07, 6.45) is 86.5. The number of rotatable bonds is 55. The third-order valence-electron chi connectivity index (χ3n) is 13.0. The summed E-state index contributed by atoms with van der Waals surface area (Å²) in [5, 5.41) is 0. The fraction of sp³-hybridized carbons (Fsp3) is 0.667. The molecular formula is C69H114O6. The van der Waals surface area contributed by atoms with Crippen LogP contribution in [-0.2, 0) is 28.6 Å². The second-order valence-electron chi connectivity index (χ2n) is 20.2. The fourth-order valence-electron chi connectivity index (χ4n) is 8.34. The van der Waals surface area contributed by atoms with E-state index in [1.807, 2.05) is 6.08 Å². The van der Waals surface area contributed by atoms with E-state index >= 15 is 0 Å². The van der Waals surface area contributed by atoms with Gasteiger partial charge in [0.25, 0.3) is 0 Å². The predicted molar refractivity (Wildman–Crippen MR) is 325 cm³/mol. The molecule has 0 N–H and O–H groups in total. The highest BCUT2D eigenvalue weighted by molar-refractivity contribution is 5.71. The number of esters is 3. The largest absolute Gasteiger partial charge is 0.462 e. The van der Waals surface area contributed by atoms with E-state index in [2.05, 4.69) is 136 Å². The van der Waals surface area contributed by atoms with Crippen LogP contribution in [-0.4, -0.2) is 37.2 Å². The van der Waals surface area contributed by atoms with Gasteiger partial charge in [0.15, 0.2) is 6.10 Å². The van der Waals surface area contributed by atoms with Gasteiger partial charge in [0.05, 0.1) is 0 Å². The van der Waals surface area contributed by atoms with Crippen LogP contribution < -0.4 is 0 Å². The van der Waals surface area contributed by atoms with Crippen LogP contribution in [0, 0.1) is 0 Å². The summed E-state index contributed by atoms with van der Waals surface area (Å²) in [4.78, 5) is 38.2. The van der Waals surface area contributed by atoms with Crippen molar-refractivity contribution in [1.82, 2.24) is 0 Å². The molecule has 0 aromatic carbocycles. The van der Waals surface area contributed by atoms with Crippen LogP contribution in [0.25, 0.3) is 0 Å². The van der Waals surface area contributed by atoms with Crippen LogP contribution in [0.3, 0.4) is 0 Å². The minimum atomic E-state index is -0.834. The van der Waals surface area contributed by atoms with Gasteiger partial charge in [0.2, 0.25) is 0 Å². The highest BCUT2D eigenvalue weighted by Crippen LogP contribution is 2.16. The highest BCUT2D eigenvalue weighted by atomic mass is 16.6. The van der Waals surface area contributed by atoms with E-state index in [0.29, 0.717) is 19.3 Å². The smallest absolute Gasteiger partial charge is 0.306 e. The molecule has 0 heterocycles. The van der Waals surface area contributed by atoms with E-state index in [4.69, 9.17) is 14.2 Å². The summed E-state index contributed by atoms with van der Waals surface area (Å²) >= 11 is 0. The van der Waals surface area contributed by atoms with Crippen molar-refractivity contribution >= 4 is 17.9 Å². The standard InChI is InChI=1S/C69H114O6/c1-4-7-10-13-16-19-22-25-28-31-33-34-36-39-42-45-48-51-54-57-60-63-69(72)75-66(64-73-67(70)61-58-55-52-49-46-43-40-37-30-27-24-21-18-15-12-9-6-3)65-74-68(71)62-59-56-53-50-47-44-41-38-35-32-29-26-23-20-17-14-11-8-5-2/h8,11,17-18,20-21,26-27,29-30,35,38,40,43-44,47,49,52-53,56,66H,4-7,9-10,12-16,19,22-25,28,31-34,36-37,39,41-42,45-46,48,50-51,54-55,57-65H2,1-3H3/b11-8-,20-17-,21-18-,29-26-,30-27-,38-35-,43-40-,47-44-,52-49-,56-53-/t66-/m0/s1. The van der Waals surface area contributed by atoms with Gasteiger partial charge in [-0.3, -0.25) is 14.4 Å². The third kappa shape index (κ3) is 60.6. The maximum atomic E-state index is 12.9. The topological polar surface area (TPSA) is 78.9 Å². The molecule has 0 fully saturated rings. The lowest BCUT2D eigenvalue weighted by atomic mass is 10.0. The van der Waals surface area contributed by atoms with Crippen molar-refractivity contribution in [2.45, 2.75) is 284 Å². The molecule has 6 heteroatoms. The van der Waals surface area contributed by atoms with E-state index in [1.54, 1.807) is 0 Å². The lowest BCUT2D eigenvalue weighted by Gasteiger charge is -2.18. The maximum Gasteiger partial charge on any atom is 0.306 e. The van der Waals surface area contributed by atoms with Crippen LogP contribution in [0.2, 0.25) is 0 Å². The molecule has 0 saturated carbocycles. The van der Waals surface area contributed by atoms with Crippen molar-refractivity contribution in [2.24, 2.45) is 0 Å². The fourth-order valence-corrected chi connectivity index (χ4v) is 8.34. The molecule has 0 aliphatic rings. The molecule has 0 bridgehead atoms. The predicted octanol–water partition coefficient (Wildman–Crippen LogP) is 21.2. The third-order valence-corrected chi connectivity index (χ3v) is 13.0. The second kappa shape index (κ2) is 62.4. The van der Waals surface area contributed by atoms with Gasteiger partial charge in [-0.05, 0) is 96.3 Å². The Labute approximate surface area is 462 Å². The van der Waals surface area contributed by atoms with Gasteiger partial charge in [0, 0.05) is 19.3 Å². The summed E-state index contributed by atoms with van der Waals surface area (Å²) in [7, 11) is 0. The molecule has 75 heavy (non-hydrogen) atoms. The maximum absolute atomic E-state index is 12.9. The van der Waals surface area contributed by atoms with Gasteiger partial charge in [-0.15, -0.1) is 0 Å². The molecule has 0 amide bonds. The van der Waals surface area contributed by atoms with Gasteiger partial charge in [-0.1, -0.05) is 284 Å². The molecule has 0 aromatic rings. The normalized spacial score (nSPS) is 12.9. The zero-order chi connectivity index (χ0) is 54.3. The zero-order valence-electron chi connectivity index (χ0n) is 48.8. The Morgan fingerprint density at radius 2 is 0.560 bits per heavy atom. The minimum Gasteiger partial charge on any atom is -0.462 e. The van der Waals surface area contributed by atoms with Crippen molar-refractivity contribution in [3.8, 4) is 0 Å². The average Bonchev–Trinajstić information content (AvgIpc) is 3.41. The zero-order valence-corrected chi connectivity index (χ0v) is 48.8. The number of ether oxygens (including phenoxy) is 3. The van der Waals surface area contributed by atoms with Crippen molar-refractivity contribution < 1.29 is 28.6 Å². The number of unbranched alkanes of at least 4 members (excludes halogenated alkanes) is 24. The lowest BCUT2D eigenvalue weighted by molar-refractivity contribution is -0.166. The summed E-state index contributed by atoms with van der Waals surface area (Å²) in [6.45, 7) is 6.41. The van der Waals surface area contributed by atoms with Gasteiger partial charge < -0.3 is 14.2 Å². The van der Waals surface area contributed by atoms with Crippen molar-refractivity contribution in [3.05, 3.63) is 122 Å². The van der Waals surface area contributed by atoms with Gasteiger partial charge in [-0.25, -0.2) is 0 Å². The first-order valence-corrected chi connectivity index (χ1v) is 31.0. The van der Waals surface area contributed by atoms with Gasteiger partial charge in [0.1, 0.15) is 13.2 Å². The summed E-state index contributed by atoms with van der Waals surface area (Å²) in [5.74, 6) is -1.06.